The maximum absolute atomic E-state index is 12.2. The maximum atomic E-state index is 12.2. The van der Waals surface area contributed by atoms with Gasteiger partial charge in [-0.3, -0.25) is 9.59 Å². The van der Waals surface area contributed by atoms with Gasteiger partial charge in [-0.1, -0.05) is 12.5 Å². The molecule has 1 aliphatic rings. The molecular formula is C22H23N7O2. The van der Waals surface area contributed by atoms with Crippen molar-refractivity contribution in [3.8, 4) is 11.8 Å². The Labute approximate surface area is 179 Å². The number of aryl methyl sites for hydroxylation is 1. The Morgan fingerprint density at radius 1 is 1.39 bits per heavy atom. The van der Waals surface area contributed by atoms with E-state index in [1.807, 2.05) is 25.1 Å². The number of hydrogen-bond acceptors (Lipinski definition) is 5. The number of nitrogens with zero attached hydrogens (tertiary/aromatic N) is 4. The molecule has 2 aromatic heterocycles. The fourth-order valence-electron chi connectivity index (χ4n) is 3.88. The molecule has 4 rings (SSSR count). The Balaban J connectivity index is 1.71. The van der Waals surface area contributed by atoms with Crippen LogP contribution in [0.3, 0.4) is 0 Å². The van der Waals surface area contributed by atoms with Gasteiger partial charge in [0.15, 0.2) is 5.69 Å². The highest BCUT2D eigenvalue weighted by atomic mass is 16.2. The van der Waals surface area contributed by atoms with Gasteiger partial charge in [-0.25, -0.2) is 9.67 Å². The number of nitrogens with one attached hydrogen (secondary N) is 2. The fraction of sp³-hybridized carbons (Fsp3) is 0.273. The zero-order chi connectivity index (χ0) is 22.1. The first kappa shape index (κ1) is 20.2. The molecule has 9 heteroatoms. The van der Waals surface area contributed by atoms with Crippen LogP contribution in [0.1, 0.15) is 39.9 Å². The number of carbonyl (C=O) groups excluding carboxylic acids is 2. The minimum absolute atomic E-state index is 0.0932. The van der Waals surface area contributed by atoms with E-state index in [4.69, 9.17) is 5.73 Å². The normalized spacial score (nSPS) is 15.5. The predicted octanol–water partition coefficient (Wildman–Crippen LogP) is 1.57. The number of amides is 2. The van der Waals surface area contributed by atoms with E-state index in [0.29, 0.717) is 31.0 Å². The second-order valence-corrected chi connectivity index (χ2v) is 7.37. The van der Waals surface area contributed by atoms with Crippen LogP contribution in [0.4, 0.5) is 5.82 Å². The van der Waals surface area contributed by atoms with Gasteiger partial charge in [0.1, 0.15) is 17.2 Å². The van der Waals surface area contributed by atoms with Crippen molar-refractivity contribution in [2.24, 2.45) is 5.73 Å². The van der Waals surface area contributed by atoms with Crippen LogP contribution in [0.2, 0.25) is 0 Å². The standard InChI is InChI=1S/C22H23N7O2/c1-4-19(30)28-10-9-15(12-28)29-22(24-3)20(21(23)31)17(27-29)8-6-14-5-7-16-18(11-14)26-13(2)25-16/h4-5,7,11,15,24H,1,9-10,12H2,2-3H3,(H2,23,31)(H,25,26)/t15-/m0/s1. The quantitative estimate of drug-likeness (QED) is 0.439. The van der Waals surface area contributed by atoms with Gasteiger partial charge in [-0.2, -0.15) is 5.10 Å². The van der Waals surface area contributed by atoms with Crippen LogP contribution in [-0.4, -0.2) is 56.6 Å². The molecule has 0 saturated carbocycles. The highest BCUT2D eigenvalue weighted by Gasteiger charge is 2.31. The Hall–Kier alpha value is -4.06. The lowest BCUT2D eigenvalue weighted by Gasteiger charge is -2.16. The summed E-state index contributed by atoms with van der Waals surface area (Å²) < 4.78 is 1.71. The van der Waals surface area contributed by atoms with Gasteiger partial charge in [0.05, 0.1) is 17.1 Å². The molecule has 31 heavy (non-hydrogen) atoms. The molecule has 3 aromatic rings. The second-order valence-electron chi connectivity index (χ2n) is 7.37. The van der Waals surface area contributed by atoms with Crippen LogP contribution in [0.5, 0.6) is 0 Å². The summed E-state index contributed by atoms with van der Waals surface area (Å²) in [4.78, 5) is 33.4. The molecule has 9 nitrogen and oxygen atoms in total. The number of likely N-dealkylation sites (tertiary alicyclic amines) is 1. The molecular weight excluding hydrogens is 394 g/mol. The molecule has 0 aliphatic carbocycles. The molecule has 158 valence electrons. The van der Waals surface area contributed by atoms with E-state index in [1.165, 1.54) is 6.08 Å². The smallest absolute Gasteiger partial charge is 0.255 e. The third kappa shape index (κ3) is 3.75. The van der Waals surface area contributed by atoms with Gasteiger partial charge in [0.25, 0.3) is 5.91 Å². The number of primary amides is 1. The number of carbonyl (C=O) groups is 2. The highest BCUT2D eigenvalue weighted by molar-refractivity contribution is 6.00. The molecule has 0 radical (unpaired) electrons. The summed E-state index contributed by atoms with van der Waals surface area (Å²) in [7, 11) is 1.70. The van der Waals surface area contributed by atoms with Crippen LogP contribution in [0.25, 0.3) is 11.0 Å². The molecule has 1 atom stereocenters. The van der Waals surface area contributed by atoms with Gasteiger partial charge in [-0.05, 0) is 43.5 Å². The summed E-state index contributed by atoms with van der Waals surface area (Å²) in [5.74, 6) is 6.64. The lowest BCUT2D eigenvalue weighted by molar-refractivity contribution is -0.125. The summed E-state index contributed by atoms with van der Waals surface area (Å²) in [6.45, 7) is 6.50. The van der Waals surface area contributed by atoms with Crippen LogP contribution >= 0.6 is 0 Å². The Kier molecular flexibility index (Phi) is 5.21. The zero-order valence-electron chi connectivity index (χ0n) is 17.4. The molecule has 1 aliphatic heterocycles. The van der Waals surface area contributed by atoms with E-state index < -0.39 is 5.91 Å². The molecule has 2 amide bonds. The monoisotopic (exact) mass is 417 g/mol. The molecule has 1 saturated heterocycles. The van der Waals surface area contributed by atoms with Crippen LogP contribution in [-0.2, 0) is 4.79 Å². The number of rotatable bonds is 4. The molecule has 0 bridgehead atoms. The maximum Gasteiger partial charge on any atom is 0.255 e. The molecule has 1 fully saturated rings. The molecule has 3 heterocycles. The largest absolute Gasteiger partial charge is 0.373 e. The number of hydrogen-bond donors (Lipinski definition) is 3. The topological polar surface area (TPSA) is 122 Å². The van der Waals surface area contributed by atoms with E-state index >= 15 is 0 Å². The molecule has 0 unspecified atom stereocenters. The van der Waals surface area contributed by atoms with Crippen molar-refractivity contribution in [2.75, 3.05) is 25.5 Å². The van der Waals surface area contributed by atoms with E-state index in [1.54, 1.807) is 16.6 Å². The minimum atomic E-state index is -0.614. The van der Waals surface area contributed by atoms with Crippen LogP contribution in [0, 0.1) is 18.8 Å². The van der Waals surface area contributed by atoms with Crippen LogP contribution in [0.15, 0.2) is 30.9 Å². The van der Waals surface area contributed by atoms with Crippen molar-refractivity contribution in [2.45, 2.75) is 19.4 Å². The van der Waals surface area contributed by atoms with Gasteiger partial charge in [0.2, 0.25) is 5.91 Å². The number of imidazole rings is 1. The minimum Gasteiger partial charge on any atom is -0.373 e. The average molecular weight is 417 g/mol. The third-order valence-electron chi connectivity index (χ3n) is 5.31. The fourth-order valence-corrected chi connectivity index (χ4v) is 3.88. The van der Waals surface area contributed by atoms with Gasteiger partial charge in [-0.15, -0.1) is 0 Å². The highest BCUT2D eigenvalue weighted by Crippen LogP contribution is 2.29. The van der Waals surface area contributed by atoms with E-state index in [0.717, 1.165) is 22.4 Å². The van der Waals surface area contributed by atoms with Crippen molar-refractivity contribution in [3.05, 3.63) is 53.5 Å². The lowest BCUT2D eigenvalue weighted by Crippen LogP contribution is -2.27. The summed E-state index contributed by atoms with van der Waals surface area (Å²) >= 11 is 0. The van der Waals surface area contributed by atoms with E-state index in [-0.39, 0.29) is 17.5 Å². The number of fused-ring (bicyclic) bond motifs is 1. The number of nitrogens with two attached hydrogens (primary N) is 1. The zero-order valence-corrected chi connectivity index (χ0v) is 17.4. The molecule has 4 N–H and O–H groups in total. The Bertz CT molecular complexity index is 1260. The second kappa shape index (κ2) is 7.99. The summed E-state index contributed by atoms with van der Waals surface area (Å²) in [5, 5.41) is 7.60. The van der Waals surface area contributed by atoms with Crippen molar-refractivity contribution in [1.29, 1.82) is 0 Å². The third-order valence-corrected chi connectivity index (χ3v) is 5.31. The first-order chi connectivity index (χ1) is 14.9. The van der Waals surface area contributed by atoms with E-state index in [2.05, 4.69) is 38.8 Å². The van der Waals surface area contributed by atoms with Crippen molar-refractivity contribution >= 4 is 28.7 Å². The van der Waals surface area contributed by atoms with Crippen LogP contribution < -0.4 is 11.1 Å². The molecule has 0 spiro atoms. The number of anilines is 1. The van der Waals surface area contributed by atoms with Crippen molar-refractivity contribution in [1.82, 2.24) is 24.6 Å². The average Bonchev–Trinajstić information content (AvgIpc) is 3.46. The first-order valence-corrected chi connectivity index (χ1v) is 9.91. The number of aromatic amines is 1. The van der Waals surface area contributed by atoms with Crippen molar-refractivity contribution in [3.63, 3.8) is 0 Å². The SMILES string of the molecule is C=CC(=O)N1CC[C@H](n2nc(C#Cc3ccc4nc(C)[nH]c4c3)c(C(N)=O)c2NC)C1. The predicted molar refractivity (Wildman–Crippen MR) is 118 cm³/mol. The summed E-state index contributed by atoms with van der Waals surface area (Å²) in [6, 6.07) is 5.56. The van der Waals surface area contributed by atoms with E-state index in [9.17, 15) is 9.59 Å². The Morgan fingerprint density at radius 2 is 2.19 bits per heavy atom. The number of H-pyrrole nitrogens is 1. The lowest BCUT2D eigenvalue weighted by atomic mass is 10.1. The van der Waals surface area contributed by atoms with Gasteiger partial charge >= 0.3 is 0 Å². The number of aromatic nitrogens is 4. The van der Waals surface area contributed by atoms with Gasteiger partial charge < -0.3 is 20.9 Å². The number of benzene rings is 1. The van der Waals surface area contributed by atoms with Gasteiger partial charge in [0, 0.05) is 25.7 Å². The van der Waals surface area contributed by atoms with Crippen molar-refractivity contribution < 1.29 is 9.59 Å². The molecule has 1 aromatic carbocycles. The first-order valence-electron chi connectivity index (χ1n) is 9.91. The summed E-state index contributed by atoms with van der Waals surface area (Å²) in [6.07, 6.45) is 2.01. The Morgan fingerprint density at radius 3 is 2.90 bits per heavy atom. The summed E-state index contributed by atoms with van der Waals surface area (Å²) in [5.41, 5.74) is 8.70.